The number of benzene rings is 1. The first kappa shape index (κ1) is 13.8. The summed E-state index contributed by atoms with van der Waals surface area (Å²) in [5, 5.41) is 5.04. The second kappa shape index (κ2) is 5.18. The summed E-state index contributed by atoms with van der Waals surface area (Å²) in [5.74, 6) is -0.327. The number of sulfonamides is 1. The third kappa shape index (κ3) is 3.05. The predicted octanol–water partition coefficient (Wildman–Crippen LogP) is 0.333. The van der Waals surface area contributed by atoms with Gasteiger partial charge in [0, 0.05) is 18.8 Å². The first-order valence-electron chi connectivity index (χ1n) is 5.87. The fourth-order valence-electron chi connectivity index (χ4n) is 2.20. The maximum absolute atomic E-state index is 11.4. The van der Waals surface area contributed by atoms with E-state index in [1.807, 2.05) is 4.90 Å². The summed E-state index contributed by atoms with van der Waals surface area (Å²) in [4.78, 5) is 13.5. The van der Waals surface area contributed by atoms with Gasteiger partial charge < -0.3 is 9.64 Å². The third-order valence-electron chi connectivity index (χ3n) is 3.25. The van der Waals surface area contributed by atoms with Crippen molar-refractivity contribution in [2.75, 3.05) is 25.1 Å². The fraction of sp³-hybridized carbons (Fsp3) is 0.417. The van der Waals surface area contributed by atoms with E-state index in [0.29, 0.717) is 6.54 Å². The molecule has 1 aromatic rings. The highest BCUT2D eigenvalue weighted by Crippen LogP contribution is 2.25. The molecule has 1 aliphatic heterocycles. The van der Waals surface area contributed by atoms with Crippen molar-refractivity contribution in [1.29, 1.82) is 0 Å². The minimum absolute atomic E-state index is 0.0833. The summed E-state index contributed by atoms with van der Waals surface area (Å²) in [5.41, 5.74) is 0.874. The molecule has 0 aliphatic carbocycles. The van der Waals surface area contributed by atoms with Gasteiger partial charge in [0.25, 0.3) is 0 Å². The highest BCUT2D eigenvalue weighted by Gasteiger charge is 2.29. The second-order valence-corrected chi connectivity index (χ2v) is 6.06. The lowest BCUT2D eigenvalue weighted by Crippen LogP contribution is -2.23. The molecule has 1 aromatic carbocycles. The van der Waals surface area contributed by atoms with Crippen molar-refractivity contribution >= 4 is 21.7 Å². The maximum Gasteiger partial charge on any atom is 0.310 e. The van der Waals surface area contributed by atoms with E-state index in [0.717, 1.165) is 18.7 Å². The van der Waals surface area contributed by atoms with Gasteiger partial charge in [0.1, 0.15) is 0 Å². The standard InChI is InChI=1S/C12H16N2O4S/c1-18-12(15)9-6-7-14(8-9)10-2-4-11(5-3-10)19(13,16)17/h2-5,9H,6-8H2,1H3,(H2,13,16,17)/t9-/m0/s1. The minimum atomic E-state index is -3.66. The number of primary sulfonamides is 1. The number of hydrogen-bond acceptors (Lipinski definition) is 5. The molecule has 1 fully saturated rings. The molecule has 1 heterocycles. The molecular weight excluding hydrogens is 268 g/mol. The van der Waals surface area contributed by atoms with Gasteiger partial charge in [-0.05, 0) is 30.7 Å². The Labute approximate surface area is 112 Å². The Balaban J connectivity index is 2.10. The number of nitrogens with zero attached hydrogens (tertiary/aromatic N) is 1. The number of esters is 1. The topological polar surface area (TPSA) is 89.7 Å². The first-order valence-corrected chi connectivity index (χ1v) is 7.42. The van der Waals surface area contributed by atoms with Gasteiger partial charge in [-0.15, -0.1) is 0 Å². The van der Waals surface area contributed by atoms with Gasteiger partial charge in [-0.1, -0.05) is 0 Å². The largest absolute Gasteiger partial charge is 0.469 e. The molecule has 1 saturated heterocycles. The molecule has 1 atom stereocenters. The van der Waals surface area contributed by atoms with Crippen LogP contribution in [0, 0.1) is 5.92 Å². The SMILES string of the molecule is COC(=O)[C@H]1CCN(c2ccc(S(N)(=O)=O)cc2)C1. The Hall–Kier alpha value is -1.60. The molecule has 0 radical (unpaired) electrons. The molecule has 0 saturated carbocycles. The Morgan fingerprint density at radius 1 is 1.37 bits per heavy atom. The maximum atomic E-state index is 11.4. The van der Waals surface area contributed by atoms with Crippen molar-refractivity contribution in [3.63, 3.8) is 0 Å². The number of methoxy groups -OCH3 is 1. The van der Waals surface area contributed by atoms with E-state index in [9.17, 15) is 13.2 Å². The zero-order valence-electron chi connectivity index (χ0n) is 10.6. The minimum Gasteiger partial charge on any atom is -0.469 e. The molecule has 1 aliphatic rings. The Morgan fingerprint density at radius 3 is 2.53 bits per heavy atom. The van der Waals surface area contributed by atoms with Crippen molar-refractivity contribution in [3.05, 3.63) is 24.3 Å². The number of anilines is 1. The molecular formula is C12H16N2O4S. The first-order chi connectivity index (χ1) is 8.91. The lowest BCUT2D eigenvalue weighted by atomic mass is 10.1. The van der Waals surface area contributed by atoms with E-state index in [1.165, 1.54) is 19.2 Å². The van der Waals surface area contributed by atoms with E-state index in [2.05, 4.69) is 0 Å². The monoisotopic (exact) mass is 284 g/mol. The number of carbonyl (C=O) groups is 1. The van der Waals surface area contributed by atoms with Crippen LogP contribution in [0.5, 0.6) is 0 Å². The Kier molecular flexibility index (Phi) is 3.77. The van der Waals surface area contributed by atoms with Crippen molar-refractivity contribution in [2.24, 2.45) is 11.1 Å². The van der Waals surface area contributed by atoms with Crippen LogP contribution in [-0.4, -0.2) is 34.6 Å². The second-order valence-electron chi connectivity index (χ2n) is 4.49. The van der Waals surface area contributed by atoms with Crippen LogP contribution in [0.1, 0.15) is 6.42 Å². The lowest BCUT2D eigenvalue weighted by Gasteiger charge is -2.18. The number of hydrogen-bond donors (Lipinski definition) is 1. The quantitative estimate of drug-likeness (QED) is 0.808. The van der Waals surface area contributed by atoms with Crippen LogP contribution in [-0.2, 0) is 19.6 Å². The van der Waals surface area contributed by atoms with Gasteiger partial charge in [0.2, 0.25) is 10.0 Å². The van der Waals surface area contributed by atoms with Crippen LogP contribution in [0.3, 0.4) is 0 Å². The van der Waals surface area contributed by atoms with Gasteiger partial charge >= 0.3 is 5.97 Å². The zero-order valence-corrected chi connectivity index (χ0v) is 11.4. The average molecular weight is 284 g/mol. The van der Waals surface area contributed by atoms with E-state index in [4.69, 9.17) is 9.88 Å². The predicted molar refractivity (Wildman–Crippen MR) is 70.2 cm³/mol. The molecule has 0 amide bonds. The highest BCUT2D eigenvalue weighted by atomic mass is 32.2. The highest BCUT2D eigenvalue weighted by molar-refractivity contribution is 7.89. The molecule has 6 nitrogen and oxygen atoms in total. The molecule has 0 bridgehead atoms. The van der Waals surface area contributed by atoms with Gasteiger partial charge in [0.15, 0.2) is 0 Å². The third-order valence-corrected chi connectivity index (χ3v) is 4.18. The van der Waals surface area contributed by atoms with Gasteiger partial charge in [-0.25, -0.2) is 13.6 Å². The molecule has 0 aromatic heterocycles. The van der Waals surface area contributed by atoms with Gasteiger partial charge in [-0.2, -0.15) is 0 Å². The van der Waals surface area contributed by atoms with Crippen LogP contribution in [0.4, 0.5) is 5.69 Å². The van der Waals surface area contributed by atoms with Crippen molar-refractivity contribution < 1.29 is 17.9 Å². The average Bonchev–Trinajstić information content (AvgIpc) is 2.86. The zero-order chi connectivity index (χ0) is 14.0. The number of rotatable bonds is 3. The smallest absolute Gasteiger partial charge is 0.310 e. The molecule has 2 N–H and O–H groups in total. The van der Waals surface area contributed by atoms with E-state index in [1.54, 1.807) is 12.1 Å². The van der Waals surface area contributed by atoms with Crippen LogP contribution >= 0.6 is 0 Å². The normalized spacial score (nSPS) is 19.5. The summed E-state index contributed by atoms with van der Waals surface area (Å²) in [6, 6.07) is 6.32. The molecule has 104 valence electrons. The molecule has 0 unspecified atom stereocenters. The van der Waals surface area contributed by atoms with Gasteiger partial charge in [0.05, 0.1) is 17.9 Å². The summed E-state index contributed by atoms with van der Waals surface area (Å²) in [6.45, 7) is 1.33. The Morgan fingerprint density at radius 2 is 2.00 bits per heavy atom. The van der Waals surface area contributed by atoms with E-state index < -0.39 is 10.0 Å². The Bertz CT molecular complexity index is 568. The summed E-state index contributed by atoms with van der Waals surface area (Å²) in [7, 11) is -2.28. The molecule has 2 rings (SSSR count). The van der Waals surface area contributed by atoms with Gasteiger partial charge in [-0.3, -0.25) is 4.79 Å². The van der Waals surface area contributed by atoms with Crippen LogP contribution < -0.4 is 10.0 Å². The number of ether oxygens (including phenoxy) is 1. The lowest BCUT2D eigenvalue weighted by molar-refractivity contribution is -0.144. The van der Waals surface area contributed by atoms with Crippen molar-refractivity contribution in [1.82, 2.24) is 0 Å². The molecule has 7 heteroatoms. The molecule has 19 heavy (non-hydrogen) atoms. The number of nitrogens with two attached hydrogens (primary N) is 1. The molecule has 0 spiro atoms. The van der Waals surface area contributed by atoms with Crippen LogP contribution in [0.15, 0.2) is 29.2 Å². The fourth-order valence-corrected chi connectivity index (χ4v) is 2.72. The van der Waals surface area contributed by atoms with Crippen LogP contribution in [0.25, 0.3) is 0 Å². The van der Waals surface area contributed by atoms with E-state index >= 15 is 0 Å². The summed E-state index contributed by atoms with van der Waals surface area (Å²) in [6.07, 6.45) is 0.740. The summed E-state index contributed by atoms with van der Waals surface area (Å²) >= 11 is 0. The van der Waals surface area contributed by atoms with E-state index in [-0.39, 0.29) is 16.8 Å². The summed E-state index contributed by atoms with van der Waals surface area (Å²) < 4.78 is 27.0. The van der Waals surface area contributed by atoms with Crippen molar-refractivity contribution in [3.8, 4) is 0 Å². The van der Waals surface area contributed by atoms with Crippen molar-refractivity contribution in [2.45, 2.75) is 11.3 Å². The number of carbonyl (C=O) groups excluding carboxylic acids is 1. The van der Waals surface area contributed by atoms with Crippen LogP contribution in [0.2, 0.25) is 0 Å².